The SMILES string of the molecule is COc1cc2c(cc1OC)CN(C(=O)C1=CC=CCC1)CC2. The molecule has 0 aromatic heterocycles. The number of ether oxygens (including phenoxy) is 2. The Morgan fingerprint density at radius 1 is 1.09 bits per heavy atom. The lowest BCUT2D eigenvalue weighted by atomic mass is 9.97. The van der Waals surface area contributed by atoms with E-state index in [0.29, 0.717) is 6.54 Å². The van der Waals surface area contributed by atoms with Gasteiger partial charge in [-0.15, -0.1) is 0 Å². The van der Waals surface area contributed by atoms with Crippen molar-refractivity contribution in [2.24, 2.45) is 0 Å². The molecule has 22 heavy (non-hydrogen) atoms. The van der Waals surface area contributed by atoms with Crippen LogP contribution in [0, 0.1) is 0 Å². The van der Waals surface area contributed by atoms with Gasteiger partial charge in [0.25, 0.3) is 0 Å². The van der Waals surface area contributed by atoms with Gasteiger partial charge < -0.3 is 14.4 Å². The number of benzene rings is 1. The summed E-state index contributed by atoms with van der Waals surface area (Å²) in [6.07, 6.45) is 8.65. The summed E-state index contributed by atoms with van der Waals surface area (Å²) in [4.78, 5) is 14.5. The molecule has 1 aromatic rings. The number of carbonyl (C=O) groups is 1. The summed E-state index contributed by atoms with van der Waals surface area (Å²) in [6, 6.07) is 4.02. The maximum atomic E-state index is 12.6. The Kier molecular flexibility index (Phi) is 4.18. The van der Waals surface area contributed by atoms with Crippen molar-refractivity contribution in [2.75, 3.05) is 20.8 Å². The fraction of sp³-hybridized carbons (Fsp3) is 0.389. The highest BCUT2D eigenvalue weighted by Crippen LogP contribution is 2.33. The molecule has 0 atom stereocenters. The second-order valence-electron chi connectivity index (χ2n) is 5.61. The molecule has 1 aromatic carbocycles. The van der Waals surface area contributed by atoms with Crippen LogP contribution in [0.2, 0.25) is 0 Å². The van der Waals surface area contributed by atoms with Crippen molar-refractivity contribution in [1.29, 1.82) is 0 Å². The Hall–Kier alpha value is -2.23. The normalized spacial score (nSPS) is 16.8. The highest BCUT2D eigenvalue weighted by molar-refractivity contribution is 5.94. The van der Waals surface area contributed by atoms with Crippen LogP contribution in [-0.4, -0.2) is 31.6 Å². The first-order valence-electron chi connectivity index (χ1n) is 7.61. The van der Waals surface area contributed by atoms with Crippen LogP contribution in [-0.2, 0) is 17.8 Å². The number of fused-ring (bicyclic) bond motifs is 1. The molecule has 1 heterocycles. The van der Waals surface area contributed by atoms with Crippen LogP contribution < -0.4 is 9.47 Å². The van der Waals surface area contributed by atoms with Gasteiger partial charge in [-0.05, 0) is 42.5 Å². The van der Waals surface area contributed by atoms with E-state index in [9.17, 15) is 4.79 Å². The Balaban J connectivity index is 1.82. The molecule has 0 unspecified atom stereocenters. The minimum Gasteiger partial charge on any atom is -0.493 e. The third kappa shape index (κ3) is 2.73. The molecule has 0 fully saturated rings. The zero-order valence-electron chi connectivity index (χ0n) is 13.1. The molecule has 116 valence electrons. The second kappa shape index (κ2) is 6.26. The minimum atomic E-state index is 0.157. The van der Waals surface area contributed by atoms with E-state index in [-0.39, 0.29) is 5.91 Å². The number of hydrogen-bond acceptors (Lipinski definition) is 3. The Morgan fingerprint density at radius 2 is 1.82 bits per heavy atom. The van der Waals surface area contributed by atoms with Crippen molar-refractivity contribution in [3.63, 3.8) is 0 Å². The minimum absolute atomic E-state index is 0.157. The summed E-state index contributed by atoms with van der Waals surface area (Å²) in [6.45, 7) is 1.39. The average molecular weight is 299 g/mol. The summed E-state index contributed by atoms with van der Waals surface area (Å²) in [7, 11) is 3.28. The molecule has 4 nitrogen and oxygen atoms in total. The molecule has 1 aliphatic carbocycles. The Labute approximate surface area is 131 Å². The monoisotopic (exact) mass is 299 g/mol. The number of rotatable bonds is 3. The first-order valence-corrected chi connectivity index (χ1v) is 7.61. The first kappa shape index (κ1) is 14.7. The molecule has 1 amide bonds. The predicted molar refractivity (Wildman–Crippen MR) is 85.1 cm³/mol. The van der Waals surface area contributed by atoms with Crippen LogP contribution in [0.1, 0.15) is 24.0 Å². The summed E-state index contributed by atoms with van der Waals surface area (Å²) in [5.74, 6) is 1.63. The van der Waals surface area contributed by atoms with Gasteiger partial charge >= 0.3 is 0 Å². The quantitative estimate of drug-likeness (QED) is 0.861. The zero-order valence-corrected chi connectivity index (χ0v) is 13.1. The van der Waals surface area contributed by atoms with Crippen LogP contribution in [0.15, 0.2) is 35.9 Å². The highest BCUT2D eigenvalue weighted by atomic mass is 16.5. The molecule has 0 saturated heterocycles. The van der Waals surface area contributed by atoms with Crippen molar-refractivity contribution in [3.8, 4) is 11.5 Å². The molecule has 3 rings (SSSR count). The van der Waals surface area contributed by atoms with Gasteiger partial charge in [-0.1, -0.05) is 18.2 Å². The maximum absolute atomic E-state index is 12.6. The number of methoxy groups -OCH3 is 2. The smallest absolute Gasteiger partial charge is 0.250 e. The summed E-state index contributed by atoms with van der Waals surface area (Å²) >= 11 is 0. The number of carbonyl (C=O) groups excluding carboxylic acids is 1. The largest absolute Gasteiger partial charge is 0.493 e. The molecule has 0 bridgehead atoms. The Bertz CT molecular complexity index is 646. The van der Waals surface area contributed by atoms with Gasteiger partial charge in [0, 0.05) is 18.7 Å². The van der Waals surface area contributed by atoms with Crippen molar-refractivity contribution >= 4 is 5.91 Å². The van der Waals surface area contributed by atoms with Gasteiger partial charge in [0.15, 0.2) is 11.5 Å². The van der Waals surface area contributed by atoms with E-state index in [2.05, 4.69) is 6.08 Å². The van der Waals surface area contributed by atoms with Crippen molar-refractivity contribution < 1.29 is 14.3 Å². The molecule has 0 spiro atoms. The molecule has 1 aliphatic heterocycles. The van der Waals surface area contributed by atoms with Crippen LogP contribution in [0.3, 0.4) is 0 Å². The van der Waals surface area contributed by atoms with Gasteiger partial charge in [0.1, 0.15) is 0 Å². The molecule has 2 aliphatic rings. The van der Waals surface area contributed by atoms with E-state index in [1.807, 2.05) is 29.2 Å². The van der Waals surface area contributed by atoms with Crippen LogP contribution >= 0.6 is 0 Å². The van der Waals surface area contributed by atoms with Crippen LogP contribution in [0.4, 0.5) is 0 Å². The lowest BCUT2D eigenvalue weighted by Gasteiger charge is -2.30. The number of amides is 1. The fourth-order valence-corrected chi connectivity index (χ4v) is 3.04. The lowest BCUT2D eigenvalue weighted by molar-refractivity contribution is -0.128. The average Bonchev–Trinajstić information content (AvgIpc) is 2.60. The molecule has 0 radical (unpaired) electrons. The van der Waals surface area contributed by atoms with Crippen molar-refractivity contribution in [1.82, 2.24) is 4.90 Å². The van der Waals surface area contributed by atoms with Gasteiger partial charge in [-0.25, -0.2) is 0 Å². The standard InChI is InChI=1S/C18H21NO3/c1-21-16-10-14-8-9-19(12-15(14)11-17(16)22-2)18(20)13-6-4-3-5-7-13/h3-4,6,10-11H,5,7-9,12H2,1-2H3. The van der Waals surface area contributed by atoms with E-state index in [4.69, 9.17) is 9.47 Å². The first-order chi connectivity index (χ1) is 10.7. The Morgan fingerprint density at radius 3 is 2.45 bits per heavy atom. The van der Waals surface area contributed by atoms with Gasteiger partial charge in [-0.2, -0.15) is 0 Å². The van der Waals surface area contributed by atoms with Crippen LogP contribution in [0.25, 0.3) is 0 Å². The van der Waals surface area contributed by atoms with Crippen molar-refractivity contribution in [3.05, 3.63) is 47.1 Å². The van der Waals surface area contributed by atoms with Crippen LogP contribution in [0.5, 0.6) is 11.5 Å². The molecular weight excluding hydrogens is 278 g/mol. The van der Waals surface area contributed by atoms with E-state index in [1.54, 1.807) is 14.2 Å². The second-order valence-corrected chi connectivity index (χ2v) is 5.61. The fourth-order valence-electron chi connectivity index (χ4n) is 3.04. The third-order valence-electron chi connectivity index (χ3n) is 4.29. The summed E-state index contributed by atoms with van der Waals surface area (Å²) in [5.41, 5.74) is 3.29. The lowest BCUT2D eigenvalue weighted by Crippen LogP contribution is -2.37. The third-order valence-corrected chi connectivity index (χ3v) is 4.29. The van der Waals surface area contributed by atoms with Gasteiger partial charge in [0.2, 0.25) is 5.91 Å². The van der Waals surface area contributed by atoms with E-state index in [1.165, 1.54) is 5.56 Å². The zero-order chi connectivity index (χ0) is 15.5. The topological polar surface area (TPSA) is 38.8 Å². The molecule has 0 N–H and O–H groups in total. The van der Waals surface area contributed by atoms with Gasteiger partial charge in [0.05, 0.1) is 14.2 Å². The highest BCUT2D eigenvalue weighted by Gasteiger charge is 2.24. The van der Waals surface area contributed by atoms with Gasteiger partial charge in [-0.3, -0.25) is 4.79 Å². The molecule has 4 heteroatoms. The number of hydrogen-bond donors (Lipinski definition) is 0. The summed E-state index contributed by atoms with van der Waals surface area (Å²) < 4.78 is 10.7. The summed E-state index contributed by atoms with van der Waals surface area (Å²) in [5, 5.41) is 0. The van der Waals surface area contributed by atoms with Crippen molar-refractivity contribution in [2.45, 2.75) is 25.8 Å². The number of nitrogens with zero attached hydrogens (tertiary/aromatic N) is 1. The molecule has 0 saturated carbocycles. The molecular formula is C18H21NO3. The number of allylic oxidation sites excluding steroid dienone is 3. The van der Waals surface area contributed by atoms with E-state index >= 15 is 0 Å². The maximum Gasteiger partial charge on any atom is 0.250 e. The predicted octanol–water partition coefficient (Wildman–Crippen LogP) is 2.86. The van der Waals surface area contributed by atoms with E-state index < -0.39 is 0 Å². The van der Waals surface area contributed by atoms with E-state index in [0.717, 1.165) is 48.4 Å².